The highest BCUT2D eigenvalue weighted by Crippen LogP contribution is 2.20. The summed E-state index contributed by atoms with van der Waals surface area (Å²) in [6.07, 6.45) is 3.38. The molecular formula is C13H12N4S. The number of hydrogen-bond acceptors (Lipinski definition) is 3. The summed E-state index contributed by atoms with van der Waals surface area (Å²) in [4.78, 5) is 11.5. The molecule has 0 fully saturated rings. The van der Waals surface area contributed by atoms with Gasteiger partial charge in [0.25, 0.3) is 0 Å². The number of nitrogens with zero attached hydrogens (tertiary/aromatic N) is 3. The summed E-state index contributed by atoms with van der Waals surface area (Å²) in [5.74, 6) is 0. The molecule has 0 saturated carbocycles. The van der Waals surface area contributed by atoms with Crippen molar-refractivity contribution in [2.24, 2.45) is 0 Å². The van der Waals surface area contributed by atoms with Crippen LogP contribution in [0.15, 0.2) is 30.9 Å². The number of hydrogen-bond donors (Lipinski definition) is 1. The van der Waals surface area contributed by atoms with Gasteiger partial charge < -0.3 is 4.98 Å². The number of fused-ring (bicyclic) bond motifs is 1. The second-order valence-electron chi connectivity index (χ2n) is 4.31. The minimum atomic E-state index is 0.521. The molecule has 0 radical (unpaired) electrons. The van der Waals surface area contributed by atoms with Crippen molar-refractivity contribution >= 4 is 23.4 Å². The van der Waals surface area contributed by atoms with Gasteiger partial charge in [0.15, 0.2) is 4.64 Å². The molecule has 2 heterocycles. The smallest absolute Gasteiger partial charge is 0.157 e. The minimum absolute atomic E-state index is 0.521. The Morgan fingerprint density at radius 3 is 2.83 bits per heavy atom. The molecule has 0 aliphatic heterocycles. The molecule has 3 rings (SSSR count). The molecule has 18 heavy (non-hydrogen) atoms. The molecule has 2 aromatic heterocycles. The molecule has 0 spiro atoms. The van der Waals surface area contributed by atoms with Gasteiger partial charge in [0.05, 0.1) is 12.0 Å². The van der Waals surface area contributed by atoms with Crippen LogP contribution >= 0.6 is 12.2 Å². The Hall–Kier alpha value is -2.01. The first-order valence-electron chi connectivity index (χ1n) is 5.65. The van der Waals surface area contributed by atoms with Crippen LogP contribution in [0.5, 0.6) is 0 Å². The molecule has 1 N–H and O–H groups in total. The second-order valence-corrected chi connectivity index (χ2v) is 4.70. The molecule has 0 aliphatic rings. The third kappa shape index (κ3) is 1.64. The maximum atomic E-state index is 5.16. The summed E-state index contributed by atoms with van der Waals surface area (Å²) in [6, 6.07) is 6.32. The van der Waals surface area contributed by atoms with Crippen molar-refractivity contribution in [3.05, 3.63) is 46.6 Å². The van der Waals surface area contributed by atoms with Crippen LogP contribution in [0.3, 0.4) is 0 Å². The second kappa shape index (κ2) is 4.03. The van der Waals surface area contributed by atoms with Crippen molar-refractivity contribution in [2.75, 3.05) is 0 Å². The van der Waals surface area contributed by atoms with Gasteiger partial charge in [0.2, 0.25) is 0 Å². The Morgan fingerprint density at radius 2 is 2.06 bits per heavy atom. The maximum Gasteiger partial charge on any atom is 0.157 e. The number of nitrogens with one attached hydrogen (secondary N) is 1. The zero-order chi connectivity index (χ0) is 12.7. The van der Waals surface area contributed by atoms with Gasteiger partial charge in [-0.05, 0) is 25.5 Å². The molecule has 0 aliphatic carbocycles. The monoisotopic (exact) mass is 256 g/mol. The van der Waals surface area contributed by atoms with Crippen LogP contribution in [0.25, 0.3) is 16.9 Å². The van der Waals surface area contributed by atoms with Crippen molar-refractivity contribution in [3.63, 3.8) is 0 Å². The quantitative estimate of drug-likeness (QED) is 0.680. The van der Waals surface area contributed by atoms with Crippen LogP contribution in [-0.4, -0.2) is 19.5 Å². The number of aromatic amines is 1. The fourth-order valence-corrected chi connectivity index (χ4v) is 2.32. The first kappa shape index (κ1) is 11.1. The number of benzene rings is 1. The number of aromatic nitrogens is 4. The SMILES string of the molecule is Cc1ccc(-n2cnc3c(=S)nc[nH]c32)c(C)c1. The van der Waals surface area contributed by atoms with Gasteiger partial charge in [-0.25, -0.2) is 9.97 Å². The van der Waals surface area contributed by atoms with E-state index < -0.39 is 0 Å². The highest BCUT2D eigenvalue weighted by atomic mass is 32.1. The molecular weight excluding hydrogens is 244 g/mol. The molecule has 90 valence electrons. The highest BCUT2D eigenvalue weighted by Gasteiger charge is 2.08. The Labute approximate surface area is 109 Å². The summed E-state index contributed by atoms with van der Waals surface area (Å²) in [6.45, 7) is 4.17. The average molecular weight is 256 g/mol. The summed E-state index contributed by atoms with van der Waals surface area (Å²) in [5.41, 5.74) is 5.15. The average Bonchev–Trinajstić information content (AvgIpc) is 2.74. The first-order chi connectivity index (χ1) is 8.66. The standard InChI is InChI=1S/C13H12N4S/c1-8-3-4-10(9(2)5-8)17-7-16-11-12(17)14-6-15-13(11)18/h3-7H,1-2H3,(H,14,15,18). The lowest BCUT2D eigenvalue weighted by Crippen LogP contribution is -1.97. The topological polar surface area (TPSA) is 46.5 Å². The van der Waals surface area contributed by atoms with E-state index in [0.717, 1.165) is 16.9 Å². The van der Waals surface area contributed by atoms with E-state index in [1.807, 2.05) is 4.57 Å². The van der Waals surface area contributed by atoms with Crippen LogP contribution in [0.4, 0.5) is 0 Å². The Bertz CT molecular complexity index is 785. The van der Waals surface area contributed by atoms with Crippen LogP contribution < -0.4 is 0 Å². The van der Waals surface area contributed by atoms with Gasteiger partial charge in [-0.2, -0.15) is 0 Å². The molecule has 0 unspecified atom stereocenters. The summed E-state index contributed by atoms with van der Waals surface area (Å²) >= 11 is 5.16. The van der Waals surface area contributed by atoms with Gasteiger partial charge in [-0.15, -0.1) is 0 Å². The largest absolute Gasteiger partial charge is 0.330 e. The molecule has 3 aromatic rings. The fourth-order valence-electron chi connectivity index (χ4n) is 2.11. The molecule has 5 heteroatoms. The van der Waals surface area contributed by atoms with Gasteiger partial charge in [-0.3, -0.25) is 4.57 Å². The zero-order valence-corrected chi connectivity index (χ0v) is 11.0. The lowest BCUT2D eigenvalue weighted by molar-refractivity contribution is 1.04. The third-order valence-electron chi connectivity index (χ3n) is 2.96. The maximum absolute atomic E-state index is 5.16. The molecule has 4 nitrogen and oxygen atoms in total. The van der Waals surface area contributed by atoms with E-state index in [1.54, 1.807) is 12.7 Å². The Balaban J connectivity index is 2.32. The molecule has 0 saturated heterocycles. The number of imidazole rings is 1. The molecule has 1 aromatic carbocycles. The predicted octanol–water partition coefficient (Wildman–Crippen LogP) is 3.09. The third-order valence-corrected chi connectivity index (χ3v) is 3.26. The van der Waals surface area contributed by atoms with Crippen LogP contribution in [-0.2, 0) is 0 Å². The lowest BCUT2D eigenvalue weighted by atomic mass is 10.1. The summed E-state index contributed by atoms with van der Waals surface area (Å²) in [7, 11) is 0. The normalized spacial score (nSPS) is 11.0. The highest BCUT2D eigenvalue weighted by molar-refractivity contribution is 7.71. The Morgan fingerprint density at radius 1 is 1.22 bits per heavy atom. The van der Waals surface area contributed by atoms with Crippen molar-refractivity contribution in [1.82, 2.24) is 19.5 Å². The number of H-pyrrole nitrogens is 1. The van der Waals surface area contributed by atoms with Gasteiger partial charge in [-0.1, -0.05) is 29.9 Å². The van der Waals surface area contributed by atoms with Gasteiger partial charge in [0.1, 0.15) is 17.5 Å². The van der Waals surface area contributed by atoms with Crippen molar-refractivity contribution in [2.45, 2.75) is 13.8 Å². The van der Waals surface area contributed by atoms with Crippen LogP contribution in [0.2, 0.25) is 0 Å². The lowest BCUT2D eigenvalue weighted by Gasteiger charge is -2.08. The van der Waals surface area contributed by atoms with E-state index in [2.05, 4.69) is 47.0 Å². The van der Waals surface area contributed by atoms with E-state index in [9.17, 15) is 0 Å². The molecule has 0 amide bonds. The van der Waals surface area contributed by atoms with Crippen LogP contribution in [0, 0.1) is 18.5 Å². The fraction of sp³-hybridized carbons (Fsp3) is 0.154. The minimum Gasteiger partial charge on any atom is -0.330 e. The summed E-state index contributed by atoms with van der Waals surface area (Å²) in [5, 5.41) is 0. The van der Waals surface area contributed by atoms with Crippen molar-refractivity contribution < 1.29 is 0 Å². The Kier molecular flexibility index (Phi) is 2.48. The molecule has 0 bridgehead atoms. The van der Waals surface area contributed by atoms with Crippen LogP contribution in [0.1, 0.15) is 11.1 Å². The van der Waals surface area contributed by atoms with Crippen molar-refractivity contribution in [3.8, 4) is 5.69 Å². The van der Waals surface area contributed by atoms with E-state index in [0.29, 0.717) is 4.64 Å². The van der Waals surface area contributed by atoms with Crippen molar-refractivity contribution in [1.29, 1.82) is 0 Å². The number of rotatable bonds is 1. The van der Waals surface area contributed by atoms with E-state index in [4.69, 9.17) is 12.2 Å². The van der Waals surface area contributed by atoms with E-state index in [1.165, 1.54) is 11.1 Å². The van der Waals surface area contributed by atoms with E-state index in [-0.39, 0.29) is 0 Å². The number of aryl methyl sites for hydroxylation is 2. The van der Waals surface area contributed by atoms with E-state index >= 15 is 0 Å². The first-order valence-corrected chi connectivity index (χ1v) is 6.06. The zero-order valence-electron chi connectivity index (χ0n) is 10.1. The molecule has 0 atom stereocenters. The van der Waals surface area contributed by atoms with Gasteiger partial charge >= 0.3 is 0 Å². The predicted molar refractivity (Wildman–Crippen MR) is 73.5 cm³/mol. The summed E-state index contributed by atoms with van der Waals surface area (Å²) < 4.78 is 2.52. The van der Waals surface area contributed by atoms with Gasteiger partial charge in [0, 0.05) is 0 Å².